The second kappa shape index (κ2) is 4.11. The van der Waals surface area contributed by atoms with E-state index in [1.807, 2.05) is 13.8 Å². The Morgan fingerprint density at radius 1 is 1.53 bits per heavy atom. The quantitative estimate of drug-likeness (QED) is 0.758. The molecule has 0 unspecified atom stereocenters. The van der Waals surface area contributed by atoms with Crippen LogP contribution in [0.4, 0.5) is 10.5 Å². The molecule has 0 aromatic heterocycles. The SMILES string of the molecule is CC1(C)COC(=O)N[C@@H]1c1cc(Cl)ccc1N. The number of hydrogen-bond acceptors (Lipinski definition) is 3. The fraction of sp³-hybridized carbons (Fsp3) is 0.417. The van der Waals surface area contributed by atoms with Crippen molar-refractivity contribution in [3.63, 3.8) is 0 Å². The number of benzene rings is 1. The summed E-state index contributed by atoms with van der Waals surface area (Å²) < 4.78 is 4.99. The maximum atomic E-state index is 11.3. The number of nitrogen functional groups attached to an aromatic ring is 1. The van der Waals surface area contributed by atoms with Gasteiger partial charge < -0.3 is 15.8 Å². The predicted octanol–water partition coefficient (Wildman–Crippen LogP) is 2.73. The lowest BCUT2D eigenvalue weighted by Crippen LogP contribution is -2.47. The largest absolute Gasteiger partial charge is 0.449 e. The van der Waals surface area contributed by atoms with Crippen molar-refractivity contribution in [1.29, 1.82) is 0 Å². The number of halogens is 1. The molecule has 0 saturated carbocycles. The lowest BCUT2D eigenvalue weighted by atomic mass is 9.80. The van der Waals surface area contributed by atoms with Crippen molar-refractivity contribution >= 4 is 23.4 Å². The lowest BCUT2D eigenvalue weighted by Gasteiger charge is -2.39. The van der Waals surface area contributed by atoms with Gasteiger partial charge in [0.1, 0.15) is 6.61 Å². The molecule has 0 bridgehead atoms. The molecule has 1 saturated heterocycles. The molecule has 1 atom stereocenters. The highest BCUT2D eigenvalue weighted by Gasteiger charge is 2.38. The molecule has 1 aliphatic heterocycles. The maximum absolute atomic E-state index is 11.3. The molecule has 17 heavy (non-hydrogen) atoms. The molecule has 1 aromatic carbocycles. The zero-order chi connectivity index (χ0) is 12.6. The maximum Gasteiger partial charge on any atom is 0.407 e. The number of nitrogens with one attached hydrogen (secondary N) is 1. The van der Waals surface area contributed by atoms with Gasteiger partial charge in [-0.1, -0.05) is 25.4 Å². The lowest BCUT2D eigenvalue weighted by molar-refractivity contribution is 0.0389. The van der Waals surface area contributed by atoms with Crippen LogP contribution in [0.5, 0.6) is 0 Å². The van der Waals surface area contributed by atoms with Gasteiger partial charge in [-0.05, 0) is 23.8 Å². The van der Waals surface area contributed by atoms with E-state index in [1.54, 1.807) is 18.2 Å². The Morgan fingerprint density at radius 2 is 2.24 bits per heavy atom. The minimum absolute atomic E-state index is 0.192. The van der Waals surface area contributed by atoms with Crippen molar-refractivity contribution < 1.29 is 9.53 Å². The monoisotopic (exact) mass is 254 g/mol. The van der Waals surface area contributed by atoms with Crippen LogP contribution in [0.25, 0.3) is 0 Å². The fourth-order valence-electron chi connectivity index (χ4n) is 1.98. The molecule has 1 aliphatic rings. The Bertz CT molecular complexity index is 460. The second-order valence-electron chi connectivity index (χ2n) is 4.92. The van der Waals surface area contributed by atoms with E-state index < -0.39 is 6.09 Å². The minimum Gasteiger partial charge on any atom is -0.449 e. The summed E-state index contributed by atoms with van der Waals surface area (Å²) in [7, 11) is 0. The molecule has 0 aliphatic carbocycles. The van der Waals surface area contributed by atoms with Gasteiger partial charge in [-0.3, -0.25) is 0 Å². The van der Waals surface area contributed by atoms with Gasteiger partial charge in [-0.15, -0.1) is 0 Å². The minimum atomic E-state index is -0.422. The Kier molecular flexibility index (Phi) is 2.91. The summed E-state index contributed by atoms with van der Waals surface area (Å²) in [5.41, 5.74) is 7.16. The molecule has 5 heteroatoms. The molecule has 1 amide bonds. The van der Waals surface area contributed by atoms with Crippen LogP contribution in [0, 0.1) is 5.41 Å². The first kappa shape index (κ1) is 12.0. The van der Waals surface area contributed by atoms with Gasteiger partial charge in [0, 0.05) is 16.1 Å². The summed E-state index contributed by atoms with van der Waals surface area (Å²) in [6.07, 6.45) is -0.422. The van der Waals surface area contributed by atoms with E-state index >= 15 is 0 Å². The number of cyclic esters (lactones) is 1. The summed E-state index contributed by atoms with van der Waals surface area (Å²) in [5.74, 6) is 0. The van der Waals surface area contributed by atoms with Crippen molar-refractivity contribution in [2.24, 2.45) is 5.41 Å². The molecular weight excluding hydrogens is 240 g/mol. The zero-order valence-corrected chi connectivity index (χ0v) is 10.5. The number of carbonyl (C=O) groups excluding carboxylic acids is 1. The number of alkyl carbamates (subject to hydrolysis) is 1. The molecule has 0 radical (unpaired) electrons. The highest BCUT2D eigenvalue weighted by molar-refractivity contribution is 6.30. The average Bonchev–Trinajstić information content (AvgIpc) is 2.26. The molecular formula is C12H15ClN2O2. The van der Waals surface area contributed by atoms with Crippen molar-refractivity contribution in [3.8, 4) is 0 Å². The van der Waals surface area contributed by atoms with Crippen LogP contribution >= 0.6 is 11.6 Å². The zero-order valence-electron chi connectivity index (χ0n) is 9.79. The Hall–Kier alpha value is -1.42. The van der Waals surface area contributed by atoms with Crippen LogP contribution in [0.2, 0.25) is 5.02 Å². The third kappa shape index (κ3) is 2.31. The van der Waals surface area contributed by atoms with E-state index in [0.717, 1.165) is 5.56 Å². The number of anilines is 1. The summed E-state index contributed by atoms with van der Waals surface area (Å²) >= 11 is 5.97. The fourth-order valence-corrected chi connectivity index (χ4v) is 2.16. The Labute approximate surface area is 105 Å². The van der Waals surface area contributed by atoms with E-state index in [1.165, 1.54) is 0 Å². The number of ether oxygens (including phenoxy) is 1. The Balaban J connectivity index is 2.42. The number of hydrogen-bond donors (Lipinski definition) is 2. The number of nitrogens with two attached hydrogens (primary N) is 1. The number of rotatable bonds is 1. The standard InChI is InChI=1S/C12H15ClN2O2/c1-12(2)6-17-11(16)15-10(12)8-5-7(13)3-4-9(8)14/h3-5,10H,6,14H2,1-2H3,(H,15,16)/t10-/m1/s1. The highest BCUT2D eigenvalue weighted by atomic mass is 35.5. The van der Waals surface area contributed by atoms with E-state index in [2.05, 4.69) is 5.32 Å². The molecule has 2 rings (SSSR count). The molecule has 1 heterocycles. The van der Waals surface area contributed by atoms with Gasteiger partial charge in [-0.2, -0.15) is 0 Å². The summed E-state index contributed by atoms with van der Waals surface area (Å²) in [5, 5.41) is 3.39. The summed E-state index contributed by atoms with van der Waals surface area (Å²) in [4.78, 5) is 11.3. The van der Waals surface area contributed by atoms with Crippen molar-refractivity contribution in [3.05, 3.63) is 28.8 Å². The van der Waals surface area contributed by atoms with Crippen LogP contribution in [0.3, 0.4) is 0 Å². The molecule has 4 nitrogen and oxygen atoms in total. The van der Waals surface area contributed by atoms with Crippen LogP contribution in [-0.4, -0.2) is 12.7 Å². The number of amides is 1. The van der Waals surface area contributed by atoms with Crippen LogP contribution in [0.15, 0.2) is 18.2 Å². The van der Waals surface area contributed by atoms with Gasteiger partial charge in [0.05, 0.1) is 6.04 Å². The molecule has 92 valence electrons. The predicted molar refractivity (Wildman–Crippen MR) is 66.9 cm³/mol. The molecule has 1 aromatic rings. The third-order valence-corrected chi connectivity index (χ3v) is 3.21. The van der Waals surface area contributed by atoms with Crippen molar-refractivity contribution in [2.75, 3.05) is 12.3 Å². The first-order chi connectivity index (χ1) is 7.90. The van der Waals surface area contributed by atoms with Crippen LogP contribution in [-0.2, 0) is 4.74 Å². The van der Waals surface area contributed by atoms with Crippen LogP contribution < -0.4 is 11.1 Å². The third-order valence-electron chi connectivity index (χ3n) is 2.98. The summed E-state index contributed by atoms with van der Waals surface area (Å²) in [6, 6.07) is 5.07. The smallest absolute Gasteiger partial charge is 0.407 e. The first-order valence-corrected chi connectivity index (χ1v) is 5.76. The van der Waals surface area contributed by atoms with Gasteiger partial charge in [-0.25, -0.2) is 4.79 Å². The second-order valence-corrected chi connectivity index (χ2v) is 5.35. The van der Waals surface area contributed by atoms with Crippen molar-refractivity contribution in [1.82, 2.24) is 5.32 Å². The van der Waals surface area contributed by atoms with E-state index in [-0.39, 0.29) is 11.5 Å². The van der Waals surface area contributed by atoms with Crippen molar-refractivity contribution in [2.45, 2.75) is 19.9 Å². The molecule has 3 N–H and O–H groups in total. The topological polar surface area (TPSA) is 64.3 Å². The highest BCUT2D eigenvalue weighted by Crippen LogP contribution is 2.39. The van der Waals surface area contributed by atoms with Gasteiger partial charge >= 0.3 is 6.09 Å². The normalized spacial score (nSPS) is 22.8. The Morgan fingerprint density at radius 3 is 2.94 bits per heavy atom. The van der Waals surface area contributed by atoms with Gasteiger partial charge in [0.2, 0.25) is 0 Å². The number of carbonyl (C=O) groups is 1. The average molecular weight is 255 g/mol. The first-order valence-electron chi connectivity index (χ1n) is 5.38. The van der Waals surface area contributed by atoms with E-state index in [0.29, 0.717) is 17.3 Å². The summed E-state index contributed by atoms with van der Waals surface area (Å²) in [6.45, 7) is 4.38. The molecule has 1 fully saturated rings. The van der Waals surface area contributed by atoms with Gasteiger partial charge in [0.15, 0.2) is 0 Å². The van der Waals surface area contributed by atoms with Crippen LogP contribution in [0.1, 0.15) is 25.5 Å². The van der Waals surface area contributed by atoms with Gasteiger partial charge in [0.25, 0.3) is 0 Å². The van der Waals surface area contributed by atoms with E-state index in [9.17, 15) is 4.79 Å². The van der Waals surface area contributed by atoms with E-state index in [4.69, 9.17) is 22.1 Å². The molecule has 0 spiro atoms.